The molecule has 6 nitrogen and oxygen atoms in total. The van der Waals surface area contributed by atoms with Gasteiger partial charge in [-0.05, 0) is 42.0 Å². The molecule has 138 valence electrons. The molecule has 0 aliphatic heterocycles. The van der Waals surface area contributed by atoms with Gasteiger partial charge in [-0.15, -0.1) is 0 Å². The first-order valence-corrected chi connectivity index (χ1v) is 7.63. The highest BCUT2D eigenvalue weighted by atomic mass is 19.1. The second kappa shape index (κ2) is 8.28. The van der Waals surface area contributed by atoms with Crippen molar-refractivity contribution in [1.29, 1.82) is 0 Å². The maximum absolute atomic E-state index is 13.4. The van der Waals surface area contributed by atoms with E-state index in [0.717, 1.165) is 12.1 Å². The van der Waals surface area contributed by atoms with E-state index in [1.807, 2.05) is 0 Å². The Balaban J connectivity index is 2.23. The summed E-state index contributed by atoms with van der Waals surface area (Å²) < 4.78 is 36.6. The Hall–Kier alpha value is -3.16. The van der Waals surface area contributed by atoms with Gasteiger partial charge in [0.05, 0.1) is 7.11 Å². The molecule has 2 aromatic carbocycles. The van der Waals surface area contributed by atoms with Crippen LogP contribution >= 0.6 is 0 Å². The van der Waals surface area contributed by atoms with Crippen molar-refractivity contribution >= 4 is 17.7 Å². The number of amides is 2. The number of nitrogens with zero attached hydrogens (tertiary/aromatic N) is 1. The Bertz CT molecular complexity index is 776. The Morgan fingerprint density at radius 1 is 1.12 bits per heavy atom. The molecule has 0 fully saturated rings. The van der Waals surface area contributed by atoms with Crippen molar-refractivity contribution in [1.82, 2.24) is 0 Å². The van der Waals surface area contributed by atoms with E-state index in [0.29, 0.717) is 17.5 Å². The van der Waals surface area contributed by atoms with Gasteiger partial charge in [0.25, 0.3) is 5.91 Å². The third-order valence-electron chi connectivity index (χ3n) is 3.67. The highest BCUT2D eigenvalue weighted by Crippen LogP contribution is 2.20. The number of anilines is 1. The Morgan fingerprint density at radius 3 is 2.19 bits per heavy atom. The Labute approximate surface area is 149 Å². The highest BCUT2D eigenvalue weighted by Gasteiger charge is 2.27. The van der Waals surface area contributed by atoms with Crippen molar-refractivity contribution in [3.63, 3.8) is 0 Å². The third-order valence-corrected chi connectivity index (χ3v) is 3.67. The first-order valence-electron chi connectivity index (χ1n) is 7.63. The number of nitrogens with two attached hydrogens (primary N) is 1. The van der Waals surface area contributed by atoms with Crippen LogP contribution in [0.4, 0.5) is 19.3 Å². The van der Waals surface area contributed by atoms with Crippen LogP contribution in [0.15, 0.2) is 42.5 Å². The summed E-state index contributed by atoms with van der Waals surface area (Å²) in [7, 11) is 2.99. The van der Waals surface area contributed by atoms with Crippen LogP contribution in [-0.4, -0.2) is 32.3 Å². The molecule has 2 N–H and O–H groups in total. The molecule has 0 saturated carbocycles. The third kappa shape index (κ3) is 4.92. The fourth-order valence-electron chi connectivity index (χ4n) is 2.41. The van der Waals surface area contributed by atoms with Gasteiger partial charge in [-0.1, -0.05) is 0 Å². The molecule has 26 heavy (non-hydrogen) atoms. The van der Waals surface area contributed by atoms with Crippen LogP contribution < -0.4 is 15.4 Å². The highest BCUT2D eigenvalue weighted by molar-refractivity contribution is 5.97. The lowest BCUT2D eigenvalue weighted by molar-refractivity contribution is -0.126. The zero-order valence-electron chi connectivity index (χ0n) is 14.2. The van der Waals surface area contributed by atoms with Gasteiger partial charge in [-0.2, -0.15) is 0 Å². The van der Waals surface area contributed by atoms with Gasteiger partial charge < -0.3 is 20.1 Å². The normalized spacial score (nSPS) is 11.5. The lowest BCUT2D eigenvalue weighted by Gasteiger charge is -2.23. The molecule has 0 saturated heterocycles. The van der Waals surface area contributed by atoms with Gasteiger partial charge in [0.1, 0.15) is 17.4 Å². The predicted molar refractivity (Wildman–Crippen MR) is 90.9 cm³/mol. The topological polar surface area (TPSA) is 81.9 Å². The molecule has 2 rings (SSSR count). The summed E-state index contributed by atoms with van der Waals surface area (Å²) in [5, 5.41) is 0. The van der Waals surface area contributed by atoms with Crippen LogP contribution in [0, 0.1) is 11.6 Å². The lowest BCUT2D eigenvalue weighted by atomic mass is 10.1. The average molecular weight is 364 g/mol. The van der Waals surface area contributed by atoms with Crippen LogP contribution in [0.2, 0.25) is 0 Å². The van der Waals surface area contributed by atoms with Crippen LogP contribution in [0.5, 0.6) is 5.75 Å². The van der Waals surface area contributed by atoms with E-state index in [2.05, 4.69) is 0 Å². The standard InChI is InChI=1S/C18H18F2N2O4/c1-22(14-3-5-15(25-2)6-4-14)17(23)16(26-18(21)24)9-11-7-12(19)10-13(20)8-11/h3-8,10,16H,9H2,1-2H3,(H2,21,24)/t16-/m0/s1. The lowest BCUT2D eigenvalue weighted by Crippen LogP contribution is -2.41. The molecule has 2 aromatic rings. The molecule has 2 amide bonds. The number of benzene rings is 2. The largest absolute Gasteiger partial charge is 0.497 e. The van der Waals surface area contributed by atoms with Gasteiger partial charge in [-0.3, -0.25) is 4.79 Å². The number of rotatable bonds is 6. The summed E-state index contributed by atoms with van der Waals surface area (Å²) in [6, 6.07) is 9.41. The van der Waals surface area contributed by atoms with Gasteiger partial charge in [0.2, 0.25) is 0 Å². The number of primary amides is 1. The summed E-state index contributed by atoms with van der Waals surface area (Å²) in [6.07, 6.45) is -2.72. The van der Waals surface area contributed by atoms with Gasteiger partial charge in [-0.25, -0.2) is 13.6 Å². The van der Waals surface area contributed by atoms with Crippen molar-refractivity contribution < 1.29 is 27.8 Å². The summed E-state index contributed by atoms with van der Waals surface area (Å²) in [6.45, 7) is 0. The van der Waals surface area contributed by atoms with E-state index >= 15 is 0 Å². The Kier molecular flexibility index (Phi) is 6.11. The van der Waals surface area contributed by atoms with Crippen molar-refractivity contribution in [2.75, 3.05) is 19.1 Å². The Morgan fingerprint density at radius 2 is 1.69 bits per heavy atom. The fourth-order valence-corrected chi connectivity index (χ4v) is 2.41. The zero-order chi connectivity index (χ0) is 19.3. The van der Waals surface area contributed by atoms with Crippen LogP contribution in [0.25, 0.3) is 0 Å². The minimum absolute atomic E-state index is 0.158. The predicted octanol–water partition coefficient (Wildman–Crippen LogP) is 2.64. The van der Waals surface area contributed by atoms with E-state index in [1.54, 1.807) is 24.3 Å². The maximum Gasteiger partial charge on any atom is 0.405 e. The van der Waals surface area contributed by atoms with Crippen LogP contribution in [0.3, 0.4) is 0 Å². The molecular weight excluding hydrogens is 346 g/mol. The number of likely N-dealkylation sites (N-methyl/N-ethyl adjacent to an activating group) is 1. The molecular formula is C18H18F2N2O4. The van der Waals surface area contributed by atoms with Crippen molar-refractivity contribution in [2.45, 2.75) is 12.5 Å². The average Bonchev–Trinajstić information content (AvgIpc) is 2.58. The molecule has 1 atom stereocenters. The quantitative estimate of drug-likeness (QED) is 0.854. The number of hydrogen-bond acceptors (Lipinski definition) is 4. The van der Waals surface area contributed by atoms with E-state index < -0.39 is 29.7 Å². The number of methoxy groups -OCH3 is 1. The van der Waals surface area contributed by atoms with Crippen LogP contribution in [-0.2, 0) is 16.0 Å². The zero-order valence-corrected chi connectivity index (χ0v) is 14.2. The second-order valence-corrected chi connectivity index (χ2v) is 5.50. The first kappa shape index (κ1) is 19.2. The number of hydrogen-bond donors (Lipinski definition) is 1. The molecule has 0 heterocycles. The van der Waals surface area contributed by atoms with E-state index in [-0.39, 0.29) is 12.0 Å². The van der Waals surface area contributed by atoms with E-state index in [9.17, 15) is 18.4 Å². The molecule has 8 heteroatoms. The summed E-state index contributed by atoms with van der Waals surface area (Å²) in [5.74, 6) is -1.59. The molecule has 0 spiro atoms. The first-order chi connectivity index (χ1) is 12.3. The fraction of sp³-hybridized carbons (Fsp3) is 0.222. The monoisotopic (exact) mass is 364 g/mol. The number of ether oxygens (including phenoxy) is 2. The van der Waals surface area contributed by atoms with Crippen molar-refractivity contribution in [3.8, 4) is 5.75 Å². The smallest absolute Gasteiger partial charge is 0.405 e. The summed E-state index contributed by atoms with van der Waals surface area (Å²) >= 11 is 0. The van der Waals surface area contributed by atoms with E-state index in [1.165, 1.54) is 19.1 Å². The van der Waals surface area contributed by atoms with Gasteiger partial charge in [0.15, 0.2) is 6.10 Å². The van der Waals surface area contributed by atoms with Gasteiger partial charge >= 0.3 is 6.09 Å². The van der Waals surface area contributed by atoms with Crippen molar-refractivity contribution in [2.24, 2.45) is 5.73 Å². The minimum atomic E-state index is -1.33. The van der Waals surface area contributed by atoms with Crippen molar-refractivity contribution in [3.05, 3.63) is 59.7 Å². The molecule has 0 aliphatic rings. The maximum atomic E-state index is 13.4. The van der Waals surface area contributed by atoms with Crippen LogP contribution in [0.1, 0.15) is 5.56 Å². The van der Waals surface area contributed by atoms with E-state index in [4.69, 9.17) is 15.2 Å². The minimum Gasteiger partial charge on any atom is -0.497 e. The molecule has 0 aliphatic carbocycles. The summed E-state index contributed by atoms with van der Waals surface area (Å²) in [5.41, 5.74) is 5.70. The molecule has 0 unspecified atom stereocenters. The SMILES string of the molecule is COc1ccc(N(C)C(=O)[C@H](Cc2cc(F)cc(F)c2)OC(N)=O)cc1. The molecule has 0 bridgehead atoms. The second-order valence-electron chi connectivity index (χ2n) is 5.50. The number of carbonyl (C=O) groups is 2. The summed E-state index contributed by atoms with van der Waals surface area (Å²) in [4.78, 5) is 25.1. The molecule has 0 radical (unpaired) electrons. The molecule has 0 aromatic heterocycles. The van der Waals surface area contributed by atoms with Gasteiger partial charge in [0, 0.05) is 25.2 Å². The number of carbonyl (C=O) groups excluding carboxylic acids is 2. The number of halogens is 2.